The van der Waals surface area contributed by atoms with E-state index in [0.717, 1.165) is 21.6 Å². The monoisotopic (exact) mass is 651 g/mol. The summed E-state index contributed by atoms with van der Waals surface area (Å²) in [6, 6.07) is 24.0. The standard InChI is InChI=1S/C33H31Cl2N3O5S/c34-23-12-10-21(11-13-23)27-28(43-19-16-37-26(40)20-39)30(44-29(27)24-8-4-5-9-25(24)35)31(41)38-17-14-33(15-18-38,32(36)42)22-6-2-1-3-7-22/h1-13,39H,14-20H2,(H2,36,42)(H,37,40). The van der Waals surface area contributed by atoms with Gasteiger partial charge in [-0.2, -0.15) is 0 Å². The van der Waals surface area contributed by atoms with Crippen molar-refractivity contribution in [2.45, 2.75) is 18.3 Å². The zero-order valence-electron chi connectivity index (χ0n) is 23.7. The molecule has 0 unspecified atom stereocenters. The molecule has 1 aliphatic rings. The van der Waals surface area contributed by atoms with E-state index >= 15 is 0 Å². The lowest BCUT2D eigenvalue weighted by Gasteiger charge is -2.40. The van der Waals surface area contributed by atoms with Crippen LogP contribution in [0.3, 0.4) is 0 Å². The van der Waals surface area contributed by atoms with E-state index in [1.54, 1.807) is 23.1 Å². The molecule has 0 radical (unpaired) electrons. The smallest absolute Gasteiger partial charge is 0.267 e. The van der Waals surface area contributed by atoms with Crippen LogP contribution in [0.5, 0.6) is 5.75 Å². The van der Waals surface area contributed by atoms with Crippen molar-refractivity contribution in [3.63, 3.8) is 0 Å². The summed E-state index contributed by atoms with van der Waals surface area (Å²) in [5.41, 5.74) is 8.09. The predicted octanol–water partition coefficient (Wildman–Crippen LogP) is 5.54. The second kappa shape index (κ2) is 13.8. The van der Waals surface area contributed by atoms with Crippen molar-refractivity contribution in [1.82, 2.24) is 10.2 Å². The molecule has 1 aliphatic heterocycles. The number of hydrogen-bond acceptors (Lipinski definition) is 6. The van der Waals surface area contributed by atoms with Gasteiger partial charge in [-0.1, -0.05) is 83.9 Å². The average Bonchev–Trinajstić information content (AvgIpc) is 3.42. The molecule has 3 amide bonds. The summed E-state index contributed by atoms with van der Waals surface area (Å²) >= 11 is 14.1. The number of carbonyl (C=O) groups excluding carboxylic acids is 3. The highest BCUT2D eigenvalue weighted by atomic mass is 35.5. The molecule has 8 nitrogen and oxygen atoms in total. The Labute approximate surface area is 269 Å². The Bertz CT molecular complexity index is 1650. The number of ether oxygens (including phenoxy) is 1. The highest BCUT2D eigenvalue weighted by Crippen LogP contribution is 2.50. The van der Waals surface area contributed by atoms with Crippen LogP contribution in [0.15, 0.2) is 78.9 Å². The van der Waals surface area contributed by atoms with Crippen LogP contribution in [0.1, 0.15) is 28.1 Å². The van der Waals surface area contributed by atoms with E-state index in [4.69, 9.17) is 38.8 Å². The quantitative estimate of drug-likeness (QED) is 0.195. The lowest BCUT2D eigenvalue weighted by atomic mass is 9.72. The van der Waals surface area contributed by atoms with Gasteiger partial charge in [0.25, 0.3) is 5.91 Å². The Hall–Kier alpha value is -3.89. The van der Waals surface area contributed by atoms with Gasteiger partial charge in [0.05, 0.1) is 12.0 Å². The molecule has 3 aromatic carbocycles. The number of aliphatic hydroxyl groups excluding tert-OH is 1. The van der Waals surface area contributed by atoms with Crippen LogP contribution < -0.4 is 15.8 Å². The number of nitrogens with two attached hydrogens (primary N) is 1. The highest BCUT2D eigenvalue weighted by molar-refractivity contribution is 7.18. The molecular formula is C33H31Cl2N3O5S. The number of hydrogen-bond donors (Lipinski definition) is 3. The number of primary amides is 1. The first-order valence-corrected chi connectivity index (χ1v) is 15.6. The second-order valence-corrected chi connectivity index (χ2v) is 12.3. The van der Waals surface area contributed by atoms with Crippen molar-refractivity contribution in [2.75, 3.05) is 32.8 Å². The van der Waals surface area contributed by atoms with Crippen molar-refractivity contribution in [1.29, 1.82) is 0 Å². The number of nitrogens with zero attached hydrogens (tertiary/aromatic N) is 1. The first kappa shape index (κ1) is 31.5. The molecule has 11 heteroatoms. The van der Waals surface area contributed by atoms with Crippen molar-refractivity contribution >= 4 is 52.3 Å². The second-order valence-electron chi connectivity index (χ2n) is 10.4. The van der Waals surface area contributed by atoms with Gasteiger partial charge in [-0.05, 0) is 42.2 Å². The van der Waals surface area contributed by atoms with Gasteiger partial charge in [-0.15, -0.1) is 11.3 Å². The molecule has 1 aromatic heterocycles. The molecule has 0 aliphatic carbocycles. The molecule has 4 N–H and O–H groups in total. The number of likely N-dealkylation sites (tertiary alicyclic amines) is 1. The normalized spacial score (nSPS) is 14.2. The molecule has 1 fully saturated rings. The number of nitrogens with one attached hydrogen (secondary N) is 1. The number of benzene rings is 3. The fourth-order valence-corrected chi connectivity index (χ4v) is 7.16. The number of amides is 3. The van der Waals surface area contributed by atoms with E-state index in [0.29, 0.717) is 52.2 Å². The minimum absolute atomic E-state index is 0.0457. The largest absolute Gasteiger partial charge is 0.489 e. The first-order chi connectivity index (χ1) is 21.2. The van der Waals surface area contributed by atoms with E-state index < -0.39 is 23.8 Å². The van der Waals surface area contributed by atoms with Gasteiger partial charge in [0.1, 0.15) is 18.1 Å². The van der Waals surface area contributed by atoms with E-state index in [-0.39, 0.29) is 19.1 Å². The zero-order chi connectivity index (χ0) is 31.3. The van der Waals surface area contributed by atoms with Crippen LogP contribution >= 0.6 is 34.5 Å². The van der Waals surface area contributed by atoms with Gasteiger partial charge < -0.3 is 25.8 Å². The molecule has 0 atom stereocenters. The number of carbonyl (C=O) groups is 3. The molecule has 228 valence electrons. The van der Waals surface area contributed by atoms with E-state index in [1.807, 2.05) is 60.7 Å². The maximum atomic E-state index is 14.3. The summed E-state index contributed by atoms with van der Waals surface area (Å²) in [5.74, 6) is -0.837. The van der Waals surface area contributed by atoms with Crippen molar-refractivity contribution in [3.8, 4) is 27.3 Å². The maximum Gasteiger partial charge on any atom is 0.267 e. The minimum Gasteiger partial charge on any atom is -0.489 e. The fraction of sp³-hybridized carbons (Fsp3) is 0.242. The predicted molar refractivity (Wildman–Crippen MR) is 173 cm³/mol. The summed E-state index contributed by atoms with van der Waals surface area (Å²) in [5, 5.41) is 12.7. The Kier molecular flexibility index (Phi) is 9.90. The van der Waals surface area contributed by atoms with Gasteiger partial charge in [-0.25, -0.2) is 0 Å². The Balaban J connectivity index is 1.55. The number of thiophene rings is 1. The molecule has 2 heterocycles. The zero-order valence-corrected chi connectivity index (χ0v) is 26.1. The Morgan fingerprint density at radius 3 is 2.25 bits per heavy atom. The van der Waals surface area contributed by atoms with Gasteiger partial charge >= 0.3 is 0 Å². The SMILES string of the molecule is NC(=O)C1(c2ccccc2)CCN(C(=O)c2sc(-c3ccccc3Cl)c(-c3ccc(Cl)cc3)c2OCCNC(=O)CO)CC1. The van der Waals surface area contributed by atoms with Gasteiger partial charge in [-0.3, -0.25) is 14.4 Å². The first-order valence-electron chi connectivity index (χ1n) is 14.1. The van der Waals surface area contributed by atoms with E-state index in [9.17, 15) is 14.4 Å². The third-order valence-corrected chi connectivity index (χ3v) is 9.60. The fourth-order valence-electron chi connectivity index (χ4n) is 5.48. The summed E-state index contributed by atoms with van der Waals surface area (Å²) in [6.45, 7) is 0.159. The van der Waals surface area contributed by atoms with Gasteiger partial charge in [0.15, 0.2) is 5.75 Å². The Morgan fingerprint density at radius 2 is 1.61 bits per heavy atom. The summed E-state index contributed by atoms with van der Waals surface area (Å²) in [6.07, 6.45) is 0.766. The average molecular weight is 653 g/mol. The minimum atomic E-state index is -0.866. The van der Waals surface area contributed by atoms with Crippen molar-refractivity contribution < 1.29 is 24.2 Å². The van der Waals surface area contributed by atoms with Crippen LogP contribution in [0, 0.1) is 0 Å². The van der Waals surface area contributed by atoms with Crippen molar-refractivity contribution in [2.24, 2.45) is 5.73 Å². The number of aliphatic hydroxyl groups is 1. The summed E-state index contributed by atoms with van der Waals surface area (Å²) < 4.78 is 6.27. The molecule has 4 aromatic rings. The highest BCUT2D eigenvalue weighted by Gasteiger charge is 2.43. The number of piperidine rings is 1. The molecule has 5 rings (SSSR count). The van der Waals surface area contributed by atoms with Crippen LogP contribution in [0.2, 0.25) is 10.0 Å². The third-order valence-electron chi connectivity index (χ3n) is 7.83. The lowest BCUT2D eigenvalue weighted by molar-refractivity contribution is -0.125. The topological polar surface area (TPSA) is 122 Å². The molecular weight excluding hydrogens is 621 g/mol. The number of rotatable bonds is 10. The van der Waals surface area contributed by atoms with Gasteiger partial charge in [0, 0.05) is 39.1 Å². The molecule has 1 saturated heterocycles. The molecule has 0 spiro atoms. The Morgan fingerprint density at radius 1 is 0.955 bits per heavy atom. The number of halogens is 2. The third kappa shape index (κ3) is 6.46. The lowest BCUT2D eigenvalue weighted by Crippen LogP contribution is -2.51. The van der Waals surface area contributed by atoms with E-state index in [2.05, 4.69) is 5.32 Å². The summed E-state index contributed by atoms with van der Waals surface area (Å²) in [4.78, 5) is 41.5. The van der Waals surface area contributed by atoms with Crippen LogP contribution in [-0.4, -0.2) is 60.6 Å². The summed E-state index contributed by atoms with van der Waals surface area (Å²) in [7, 11) is 0. The molecule has 0 bridgehead atoms. The van der Waals surface area contributed by atoms with Crippen LogP contribution in [-0.2, 0) is 15.0 Å². The maximum absolute atomic E-state index is 14.3. The van der Waals surface area contributed by atoms with Gasteiger partial charge in [0.2, 0.25) is 11.8 Å². The van der Waals surface area contributed by atoms with Crippen molar-refractivity contribution in [3.05, 3.63) is 99.3 Å². The molecule has 0 saturated carbocycles. The van der Waals surface area contributed by atoms with Crippen LogP contribution in [0.25, 0.3) is 21.6 Å². The van der Waals surface area contributed by atoms with Crippen LogP contribution in [0.4, 0.5) is 0 Å². The molecule has 44 heavy (non-hydrogen) atoms. The van der Waals surface area contributed by atoms with E-state index in [1.165, 1.54) is 11.3 Å².